The van der Waals surface area contributed by atoms with E-state index in [1.165, 1.54) is 0 Å². The fourth-order valence-corrected chi connectivity index (χ4v) is 1.62. The molecule has 0 saturated carbocycles. The summed E-state index contributed by atoms with van der Waals surface area (Å²) in [6.07, 6.45) is 4.18. The van der Waals surface area contributed by atoms with Gasteiger partial charge in [-0.15, -0.1) is 0 Å². The Morgan fingerprint density at radius 3 is 2.84 bits per heavy atom. The lowest BCUT2D eigenvalue weighted by atomic mass is 10.2. The van der Waals surface area contributed by atoms with E-state index in [2.05, 4.69) is 11.6 Å². The van der Waals surface area contributed by atoms with Crippen molar-refractivity contribution in [2.45, 2.75) is 32.7 Å². The van der Waals surface area contributed by atoms with Gasteiger partial charge >= 0.3 is 11.7 Å². The van der Waals surface area contributed by atoms with Crippen molar-refractivity contribution < 1.29 is 9.53 Å². The summed E-state index contributed by atoms with van der Waals surface area (Å²) in [4.78, 5) is 25.1. The number of ether oxygens (including phenoxy) is 1. The molecule has 1 N–H and O–H groups in total. The molecule has 0 amide bonds. The third-order valence-corrected chi connectivity index (χ3v) is 2.76. The number of nitrogens with one attached hydrogen (secondary N) is 1. The molecule has 0 aliphatic heterocycles. The second-order valence-corrected chi connectivity index (χ2v) is 4.72. The number of unbranched alkanes of at least 4 members (excludes halogenated alkanes) is 2. The topological polar surface area (TPSA) is 64.1 Å². The van der Waals surface area contributed by atoms with E-state index >= 15 is 0 Å². The molecule has 0 spiro atoms. The van der Waals surface area contributed by atoms with E-state index in [9.17, 15) is 9.59 Å². The number of carbonyl (C=O) groups excluding carboxylic acids is 1. The van der Waals surface area contributed by atoms with Gasteiger partial charge in [-0.1, -0.05) is 18.8 Å². The monoisotopic (exact) mass is 282 g/mol. The van der Waals surface area contributed by atoms with Gasteiger partial charge in [-0.3, -0.25) is 4.98 Å². The average Bonchev–Trinajstić information content (AvgIpc) is 2.35. The molecule has 0 aromatic carbocycles. The van der Waals surface area contributed by atoms with Crippen molar-refractivity contribution in [1.29, 1.82) is 0 Å². The summed E-state index contributed by atoms with van der Waals surface area (Å²) in [5.41, 5.74) is 0.215. The van der Waals surface area contributed by atoms with Gasteiger partial charge < -0.3 is 9.30 Å². The van der Waals surface area contributed by atoms with Gasteiger partial charge in [0.15, 0.2) is 0 Å². The Balaban J connectivity index is 2.21. The van der Waals surface area contributed by atoms with Crippen LogP contribution in [0.3, 0.4) is 0 Å². The first-order valence-electron chi connectivity index (χ1n) is 6.13. The van der Waals surface area contributed by atoms with Crippen LogP contribution in [-0.4, -0.2) is 22.1 Å². The molecule has 0 atom stereocenters. The van der Waals surface area contributed by atoms with Crippen LogP contribution < -0.4 is 5.69 Å². The fraction of sp³-hybridized carbons (Fsp3) is 0.462. The van der Waals surface area contributed by atoms with Crippen molar-refractivity contribution in [3.8, 4) is 0 Å². The quantitative estimate of drug-likeness (QED) is 0.360. The molecular weight excluding hydrogens is 264 g/mol. The second kappa shape index (κ2) is 7.68. The molecule has 6 heteroatoms. The number of hydrogen-bond acceptors (Lipinski definition) is 4. The van der Waals surface area contributed by atoms with Crippen LogP contribution in [0.1, 0.15) is 26.2 Å². The average molecular weight is 282 g/mol. The highest BCUT2D eigenvalue weighted by Gasteiger charge is 2.02. The first kappa shape index (κ1) is 15.4. The summed E-state index contributed by atoms with van der Waals surface area (Å²) in [6.45, 7) is 6.13. The molecule has 0 unspecified atom stereocenters. The van der Waals surface area contributed by atoms with Crippen molar-refractivity contribution >= 4 is 18.2 Å². The zero-order valence-corrected chi connectivity index (χ0v) is 11.8. The predicted octanol–water partition coefficient (Wildman–Crippen LogP) is 2.20. The van der Waals surface area contributed by atoms with Crippen LogP contribution in [0.25, 0.3) is 0 Å². The standard InChI is InChI=1S/C13H18N2O3S/c1-10(2)12(16)18-9-5-3-4-7-15-8-6-11(19)14-13(15)17/h6,8H,1,3-5,7,9H2,2H3,(H,14,17,19). The molecule has 104 valence electrons. The van der Waals surface area contributed by atoms with Gasteiger partial charge in [-0.25, -0.2) is 9.59 Å². The number of carbonyl (C=O) groups is 1. The summed E-state index contributed by atoms with van der Waals surface area (Å²) < 4.78 is 6.99. The molecule has 0 radical (unpaired) electrons. The lowest BCUT2D eigenvalue weighted by Gasteiger charge is -2.06. The van der Waals surface area contributed by atoms with Crippen LogP contribution in [0.2, 0.25) is 0 Å². The maximum Gasteiger partial charge on any atom is 0.333 e. The summed E-state index contributed by atoms with van der Waals surface area (Å²) in [6, 6.07) is 1.69. The first-order valence-corrected chi connectivity index (χ1v) is 6.54. The van der Waals surface area contributed by atoms with Crippen LogP contribution >= 0.6 is 12.2 Å². The van der Waals surface area contributed by atoms with Crippen molar-refractivity contribution in [3.05, 3.63) is 39.5 Å². The maximum atomic E-state index is 11.5. The number of hydrogen-bond donors (Lipinski definition) is 1. The molecule has 0 aliphatic rings. The molecule has 0 fully saturated rings. The Kier molecular flexibility index (Phi) is 6.21. The molecule has 5 nitrogen and oxygen atoms in total. The summed E-state index contributed by atoms with van der Waals surface area (Å²) in [7, 11) is 0. The molecule has 19 heavy (non-hydrogen) atoms. The molecule has 1 aromatic heterocycles. The van der Waals surface area contributed by atoms with Crippen molar-refractivity contribution in [2.24, 2.45) is 0 Å². The molecule has 1 aromatic rings. The Labute approximate surface area is 116 Å². The second-order valence-electron chi connectivity index (χ2n) is 4.28. The zero-order chi connectivity index (χ0) is 14.3. The van der Waals surface area contributed by atoms with Crippen LogP contribution in [0, 0.1) is 4.64 Å². The third kappa shape index (κ3) is 5.65. The van der Waals surface area contributed by atoms with Crippen LogP contribution in [-0.2, 0) is 16.1 Å². The number of nitrogens with zero attached hydrogens (tertiary/aromatic N) is 1. The lowest BCUT2D eigenvalue weighted by Crippen LogP contribution is -2.22. The molecular formula is C13H18N2O3S. The largest absolute Gasteiger partial charge is 0.462 e. The van der Waals surface area contributed by atoms with E-state index in [1.807, 2.05) is 0 Å². The smallest absolute Gasteiger partial charge is 0.333 e. The van der Waals surface area contributed by atoms with E-state index in [0.717, 1.165) is 19.3 Å². The van der Waals surface area contributed by atoms with Crippen molar-refractivity contribution in [2.75, 3.05) is 6.61 Å². The van der Waals surface area contributed by atoms with Gasteiger partial charge in [-0.2, -0.15) is 0 Å². The van der Waals surface area contributed by atoms with Crippen LogP contribution in [0.15, 0.2) is 29.2 Å². The molecule has 0 saturated heterocycles. The van der Waals surface area contributed by atoms with Crippen molar-refractivity contribution in [1.82, 2.24) is 9.55 Å². The minimum atomic E-state index is -0.355. The number of rotatable bonds is 7. The minimum Gasteiger partial charge on any atom is -0.462 e. The first-order chi connectivity index (χ1) is 9.00. The maximum absolute atomic E-state index is 11.5. The van der Waals surface area contributed by atoms with Crippen LogP contribution in [0.4, 0.5) is 0 Å². The Hall–Kier alpha value is -1.69. The number of esters is 1. The third-order valence-electron chi connectivity index (χ3n) is 2.52. The number of H-pyrrole nitrogens is 1. The lowest BCUT2D eigenvalue weighted by molar-refractivity contribution is -0.139. The van der Waals surface area contributed by atoms with Crippen LogP contribution in [0.5, 0.6) is 0 Å². The Morgan fingerprint density at radius 1 is 1.47 bits per heavy atom. The van der Waals surface area contributed by atoms with E-state index in [0.29, 0.717) is 23.4 Å². The predicted molar refractivity (Wildman–Crippen MR) is 75.5 cm³/mol. The molecule has 1 rings (SSSR count). The Bertz CT molecular complexity index is 559. The van der Waals surface area contributed by atoms with Gasteiger partial charge in [0.25, 0.3) is 0 Å². The highest BCUT2D eigenvalue weighted by molar-refractivity contribution is 7.71. The minimum absolute atomic E-state index is 0.193. The summed E-state index contributed by atoms with van der Waals surface area (Å²) in [5, 5.41) is 0. The van der Waals surface area contributed by atoms with E-state index in [1.54, 1.807) is 23.8 Å². The highest BCUT2D eigenvalue weighted by Crippen LogP contribution is 2.00. The number of aromatic nitrogens is 2. The molecule has 0 bridgehead atoms. The van der Waals surface area contributed by atoms with Gasteiger partial charge in [0.05, 0.1) is 6.61 Å². The summed E-state index contributed by atoms with van der Waals surface area (Å²) in [5.74, 6) is -0.355. The highest BCUT2D eigenvalue weighted by atomic mass is 32.1. The fourth-order valence-electron chi connectivity index (χ4n) is 1.47. The SMILES string of the molecule is C=C(C)C(=O)OCCCCCn1ccc(=S)[nH]c1=O. The summed E-state index contributed by atoms with van der Waals surface area (Å²) >= 11 is 4.85. The zero-order valence-electron chi connectivity index (χ0n) is 11.0. The van der Waals surface area contributed by atoms with E-state index < -0.39 is 0 Å². The van der Waals surface area contributed by atoms with Gasteiger partial charge in [-0.05, 0) is 32.3 Å². The van der Waals surface area contributed by atoms with Gasteiger partial charge in [0.1, 0.15) is 4.64 Å². The normalized spacial score (nSPS) is 10.2. The van der Waals surface area contributed by atoms with E-state index in [4.69, 9.17) is 17.0 Å². The number of aromatic amines is 1. The number of aryl methyl sites for hydroxylation is 1. The van der Waals surface area contributed by atoms with Gasteiger partial charge in [0.2, 0.25) is 0 Å². The van der Waals surface area contributed by atoms with Crippen molar-refractivity contribution in [3.63, 3.8) is 0 Å². The van der Waals surface area contributed by atoms with Gasteiger partial charge in [0, 0.05) is 18.3 Å². The Morgan fingerprint density at radius 2 is 2.21 bits per heavy atom. The van der Waals surface area contributed by atoms with E-state index in [-0.39, 0.29) is 11.7 Å². The molecule has 1 heterocycles. The molecule has 0 aliphatic carbocycles.